The van der Waals surface area contributed by atoms with E-state index in [4.69, 9.17) is 18.9 Å². The zero-order valence-electron chi connectivity index (χ0n) is 22.2. The highest BCUT2D eigenvalue weighted by Gasteiger charge is 2.32. The number of aromatic nitrogens is 2. The number of nitrogens with zero attached hydrogens (tertiary/aromatic N) is 2. The van der Waals surface area contributed by atoms with Crippen LogP contribution in [0.15, 0.2) is 42.5 Å². The monoisotopic (exact) mass is 532 g/mol. The van der Waals surface area contributed by atoms with Crippen LogP contribution in [0.4, 0.5) is 13.2 Å². The molecule has 0 radical (unpaired) electrons. The lowest BCUT2D eigenvalue weighted by Gasteiger charge is -2.25. The maximum absolute atomic E-state index is 12.9. The molecule has 0 saturated carbocycles. The molecule has 1 heterocycles. The van der Waals surface area contributed by atoms with Gasteiger partial charge >= 0.3 is 12.1 Å². The minimum Gasteiger partial charge on any atom is -0.489 e. The van der Waals surface area contributed by atoms with Crippen LogP contribution in [0.1, 0.15) is 48.8 Å². The molecule has 0 fully saturated rings. The van der Waals surface area contributed by atoms with Crippen LogP contribution in [0.3, 0.4) is 0 Å². The first kappa shape index (κ1) is 28.9. The molecule has 0 aliphatic rings. The Balaban J connectivity index is 1.79. The molecule has 38 heavy (non-hydrogen) atoms. The summed E-state index contributed by atoms with van der Waals surface area (Å²) in [6.07, 6.45) is -4.42. The molecule has 1 aromatic heterocycles. The fourth-order valence-electron chi connectivity index (χ4n) is 3.64. The van der Waals surface area contributed by atoms with Crippen molar-refractivity contribution < 1.29 is 36.9 Å². The minimum atomic E-state index is -4.42. The highest BCUT2D eigenvalue weighted by molar-refractivity contribution is 5.79. The van der Waals surface area contributed by atoms with Crippen LogP contribution in [0.25, 0.3) is 11.4 Å². The Labute approximate surface area is 219 Å². The third-order valence-electron chi connectivity index (χ3n) is 5.71. The summed E-state index contributed by atoms with van der Waals surface area (Å²) in [4.78, 5) is 21.2. The van der Waals surface area contributed by atoms with Crippen LogP contribution < -0.4 is 9.47 Å². The molecule has 10 heteroatoms. The van der Waals surface area contributed by atoms with Crippen LogP contribution in [0.2, 0.25) is 0 Å². The van der Waals surface area contributed by atoms with Crippen molar-refractivity contribution >= 4 is 5.97 Å². The molecule has 0 unspecified atom stereocenters. The number of carbonyl (C=O) groups is 1. The number of carbonyl (C=O) groups excluding carboxylic acids is 1. The van der Waals surface area contributed by atoms with Crippen molar-refractivity contribution in [2.75, 3.05) is 13.7 Å². The average Bonchev–Trinajstić information content (AvgIpc) is 2.85. The number of esters is 1. The summed E-state index contributed by atoms with van der Waals surface area (Å²) >= 11 is 0. The second-order valence-corrected chi connectivity index (χ2v) is 9.11. The highest BCUT2D eigenvalue weighted by atomic mass is 19.4. The molecule has 0 aliphatic heterocycles. The van der Waals surface area contributed by atoms with E-state index in [-0.39, 0.29) is 19.8 Å². The number of benzene rings is 2. The van der Waals surface area contributed by atoms with Crippen LogP contribution in [-0.4, -0.2) is 35.3 Å². The van der Waals surface area contributed by atoms with Gasteiger partial charge in [0.1, 0.15) is 18.1 Å². The van der Waals surface area contributed by atoms with Crippen LogP contribution in [0, 0.1) is 13.8 Å². The largest absolute Gasteiger partial charge is 0.489 e. The first-order valence-electron chi connectivity index (χ1n) is 12.0. The van der Waals surface area contributed by atoms with Gasteiger partial charge in [-0.2, -0.15) is 13.2 Å². The molecular weight excluding hydrogens is 501 g/mol. The van der Waals surface area contributed by atoms with Crippen LogP contribution >= 0.6 is 0 Å². The number of halogens is 3. The Bertz CT molecular complexity index is 1270. The number of alkyl halides is 3. The molecule has 3 rings (SSSR count). The Kier molecular flexibility index (Phi) is 8.98. The van der Waals surface area contributed by atoms with Crippen molar-refractivity contribution in [3.63, 3.8) is 0 Å². The molecule has 0 bridgehead atoms. The normalized spacial score (nSPS) is 11.8. The van der Waals surface area contributed by atoms with Gasteiger partial charge in [0.25, 0.3) is 0 Å². The molecule has 0 spiro atoms. The van der Waals surface area contributed by atoms with E-state index in [1.54, 1.807) is 45.9 Å². The number of ether oxygens (including phenoxy) is 4. The van der Waals surface area contributed by atoms with Crippen LogP contribution in [0.5, 0.6) is 11.5 Å². The molecular formula is C28H31F3N2O5. The van der Waals surface area contributed by atoms with Gasteiger partial charge in [-0.1, -0.05) is 12.1 Å². The van der Waals surface area contributed by atoms with Crippen LogP contribution in [-0.2, 0) is 33.7 Å². The second-order valence-electron chi connectivity index (χ2n) is 9.11. The lowest BCUT2D eigenvalue weighted by atomic mass is 10.1. The van der Waals surface area contributed by atoms with Gasteiger partial charge in [-0.25, -0.2) is 14.8 Å². The van der Waals surface area contributed by atoms with E-state index in [1.807, 2.05) is 6.92 Å². The molecule has 204 valence electrons. The maximum Gasteiger partial charge on any atom is 0.416 e. The topological polar surface area (TPSA) is 79.8 Å². The number of methoxy groups -OCH3 is 1. The van der Waals surface area contributed by atoms with Crippen molar-refractivity contribution in [1.29, 1.82) is 0 Å². The summed E-state index contributed by atoms with van der Waals surface area (Å²) in [5, 5.41) is 0. The van der Waals surface area contributed by atoms with E-state index >= 15 is 0 Å². The van der Waals surface area contributed by atoms with E-state index < -0.39 is 23.3 Å². The van der Waals surface area contributed by atoms with Gasteiger partial charge in [0.15, 0.2) is 11.4 Å². The number of rotatable bonds is 10. The van der Waals surface area contributed by atoms with E-state index in [9.17, 15) is 18.0 Å². The maximum atomic E-state index is 12.9. The van der Waals surface area contributed by atoms with Gasteiger partial charge in [-0.3, -0.25) is 0 Å². The lowest BCUT2D eigenvalue weighted by Crippen LogP contribution is -2.39. The summed E-state index contributed by atoms with van der Waals surface area (Å²) in [6, 6.07) is 9.94. The zero-order valence-corrected chi connectivity index (χ0v) is 22.2. The van der Waals surface area contributed by atoms with Gasteiger partial charge in [0.2, 0.25) is 0 Å². The molecule has 0 N–H and O–H groups in total. The van der Waals surface area contributed by atoms with Gasteiger partial charge < -0.3 is 18.9 Å². The van der Waals surface area contributed by atoms with E-state index in [0.717, 1.165) is 17.7 Å². The molecule has 7 nitrogen and oxygen atoms in total. The summed E-state index contributed by atoms with van der Waals surface area (Å²) in [5.41, 5.74) is 1.24. The van der Waals surface area contributed by atoms with Gasteiger partial charge in [-0.15, -0.1) is 0 Å². The second kappa shape index (κ2) is 11.8. The minimum absolute atomic E-state index is 0.145. The Morgan fingerprint density at radius 3 is 2.24 bits per heavy atom. The van der Waals surface area contributed by atoms with Crippen molar-refractivity contribution in [3.05, 3.63) is 70.5 Å². The van der Waals surface area contributed by atoms with Gasteiger partial charge in [0.05, 0.1) is 24.5 Å². The van der Waals surface area contributed by atoms with Crippen molar-refractivity contribution in [2.45, 2.75) is 59.6 Å². The molecule has 0 saturated heterocycles. The quantitative estimate of drug-likeness (QED) is 0.287. The Morgan fingerprint density at radius 1 is 0.974 bits per heavy atom. The summed E-state index contributed by atoms with van der Waals surface area (Å²) < 4.78 is 61.0. The van der Waals surface area contributed by atoms with E-state index in [2.05, 4.69) is 9.97 Å². The lowest BCUT2D eigenvalue weighted by molar-refractivity contribution is -0.158. The summed E-state index contributed by atoms with van der Waals surface area (Å²) in [7, 11) is 1.53. The molecule has 2 aromatic carbocycles. The summed E-state index contributed by atoms with van der Waals surface area (Å²) in [6.45, 7) is 9.22. The highest BCUT2D eigenvalue weighted by Crippen LogP contribution is 2.31. The SMILES string of the molecule is CCOC(=O)C(C)(C)Oc1ccc(OCc2c(C)nc(-c3ccc(C(F)(F)F)cc3)nc2COC)cc1C. The third-order valence-corrected chi connectivity index (χ3v) is 5.71. The van der Waals surface area contributed by atoms with Crippen molar-refractivity contribution in [2.24, 2.45) is 0 Å². The predicted octanol–water partition coefficient (Wildman–Crippen LogP) is 6.23. The fraction of sp³-hybridized carbons (Fsp3) is 0.393. The van der Waals surface area contributed by atoms with Gasteiger partial charge in [-0.05, 0) is 70.5 Å². The van der Waals surface area contributed by atoms with Crippen molar-refractivity contribution in [3.8, 4) is 22.9 Å². The predicted molar refractivity (Wildman–Crippen MR) is 135 cm³/mol. The van der Waals surface area contributed by atoms with Gasteiger partial charge in [0, 0.05) is 23.9 Å². The average molecular weight is 533 g/mol. The third kappa shape index (κ3) is 7.00. The molecule has 0 aliphatic carbocycles. The Hall–Kier alpha value is -3.66. The fourth-order valence-corrected chi connectivity index (χ4v) is 3.64. The molecule has 0 amide bonds. The Morgan fingerprint density at radius 2 is 1.66 bits per heavy atom. The number of hydrogen-bond acceptors (Lipinski definition) is 7. The van der Waals surface area contributed by atoms with E-state index in [0.29, 0.717) is 39.8 Å². The molecule has 0 atom stereocenters. The number of hydrogen-bond donors (Lipinski definition) is 0. The van der Waals surface area contributed by atoms with Crippen molar-refractivity contribution in [1.82, 2.24) is 9.97 Å². The smallest absolute Gasteiger partial charge is 0.416 e. The summed E-state index contributed by atoms with van der Waals surface area (Å²) in [5.74, 6) is 0.934. The molecule has 3 aromatic rings. The zero-order chi connectivity index (χ0) is 28.1. The van der Waals surface area contributed by atoms with E-state index in [1.165, 1.54) is 19.2 Å². The first-order valence-corrected chi connectivity index (χ1v) is 12.0. The standard InChI is InChI=1S/C28H31F3N2O5/c1-7-36-26(34)27(4,5)38-24-13-12-21(14-17(24)2)37-15-22-18(3)32-25(33-23(22)16-35-6)19-8-10-20(11-9-19)28(29,30)31/h8-14H,7,15-16H2,1-6H3. The first-order chi connectivity index (χ1) is 17.9. The number of aryl methyl sites for hydroxylation is 2.